The van der Waals surface area contributed by atoms with Crippen LogP contribution in [0.1, 0.15) is 18.3 Å². The van der Waals surface area contributed by atoms with Crippen molar-refractivity contribution in [1.82, 2.24) is 19.2 Å². The number of benzene rings is 1. The Hall–Kier alpha value is -2.14. The van der Waals surface area contributed by atoms with Gasteiger partial charge in [0.2, 0.25) is 5.65 Å². The van der Waals surface area contributed by atoms with Gasteiger partial charge in [-0.1, -0.05) is 18.5 Å². The quantitative estimate of drug-likeness (QED) is 0.727. The van der Waals surface area contributed by atoms with Crippen molar-refractivity contribution >= 4 is 17.2 Å². The molecular weight excluding hydrogens is 276 g/mol. The zero-order chi connectivity index (χ0) is 14.3. The molecule has 102 valence electrons. The second kappa shape index (κ2) is 4.76. The van der Waals surface area contributed by atoms with Gasteiger partial charge >= 0.3 is 5.56 Å². The summed E-state index contributed by atoms with van der Waals surface area (Å²) in [7, 11) is 0. The number of fused-ring (bicyclic) bond motifs is 1. The van der Waals surface area contributed by atoms with E-state index in [2.05, 4.69) is 10.2 Å². The van der Waals surface area contributed by atoms with Crippen LogP contribution < -0.4 is 5.56 Å². The van der Waals surface area contributed by atoms with Crippen LogP contribution in [0, 0.1) is 6.92 Å². The van der Waals surface area contributed by atoms with Crippen molar-refractivity contribution in [3.8, 4) is 5.69 Å². The monoisotopic (exact) mass is 288 g/mol. The summed E-state index contributed by atoms with van der Waals surface area (Å²) in [5.74, 6) is 0.775. The molecule has 0 atom stereocenters. The molecule has 0 N–H and O–H groups in total. The maximum Gasteiger partial charge on any atom is 0.300 e. The minimum absolute atomic E-state index is 0.193. The maximum absolute atomic E-state index is 12.5. The SMILES string of the molecule is CCc1nnc2c(=O)n(-c3ccc(Cl)c(C)c3)ccn12. The lowest BCUT2D eigenvalue weighted by Gasteiger charge is -2.08. The molecule has 0 aliphatic rings. The van der Waals surface area contributed by atoms with Crippen molar-refractivity contribution in [2.75, 3.05) is 0 Å². The Kier molecular flexibility index (Phi) is 3.06. The van der Waals surface area contributed by atoms with Crippen LogP contribution in [0.15, 0.2) is 35.4 Å². The predicted molar refractivity (Wildman–Crippen MR) is 77.7 cm³/mol. The second-order valence-corrected chi connectivity index (χ2v) is 4.98. The Morgan fingerprint density at radius 1 is 1.25 bits per heavy atom. The summed E-state index contributed by atoms with van der Waals surface area (Å²) in [5, 5.41) is 8.67. The van der Waals surface area contributed by atoms with Crippen LogP contribution in [0.2, 0.25) is 5.02 Å². The molecule has 0 fully saturated rings. The summed E-state index contributed by atoms with van der Waals surface area (Å²) in [6.07, 6.45) is 4.25. The van der Waals surface area contributed by atoms with Crippen LogP contribution in [0.4, 0.5) is 0 Å². The zero-order valence-electron chi connectivity index (χ0n) is 11.2. The molecule has 3 aromatic rings. The molecule has 2 aromatic heterocycles. The van der Waals surface area contributed by atoms with E-state index in [1.807, 2.05) is 26.0 Å². The number of hydrogen-bond acceptors (Lipinski definition) is 3. The Balaban J connectivity index is 2.24. The first-order valence-electron chi connectivity index (χ1n) is 6.33. The largest absolute Gasteiger partial charge is 0.300 e. The van der Waals surface area contributed by atoms with Gasteiger partial charge in [-0.15, -0.1) is 10.2 Å². The Labute approximate surface area is 120 Å². The van der Waals surface area contributed by atoms with Gasteiger partial charge < -0.3 is 0 Å². The molecule has 0 saturated heterocycles. The molecule has 2 heterocycles. The highest BCUT2D eigenvalue weighted by molar-refractivity contribution is 6.31. The topological polar surface area (TPSA) is 52.2 Å². The number of halogens is 1. The third kappa shape index (κ3) is 1.91. The summed E-state index contributed by atoms with van der Waals surface area (Å²) in [6.45, 7) is 3.88. The predicted octanol–water partition coefficient (Wildman–Crippen LogP) is 2.40. The number of rotatable bonds is 2. The van der Waals surface area contributed by atoms with E-state index in [0.29, 0.717) is 10.7 Å². The molecular formula is C14H13ClN4O. The van der Waals surface area contributed by atoms with Crippen LogP contribution in [0.5, 0.6) is 0 Å². The van der Waals surface area contributed by atoms with E-state index in [-0.39, 0.29) is 5.56 Å². The third-order valence-electron chi connectivity index (χ3n) is 3.28. The van der Waals surface area contributed by atoms with Gasteiger partial charge in [0.1, 0.15) is 5.82 Å². The van der Waals surface area contributed by atoms with Gasteiger partial charge in [-0.25, -0.2) is 0 Å². The van der Waals surface area contributed by atoms with Gasteiger partial charge in [-0.3, -0.25) is 13.8 Å². The van der Waals surface area contributed by atoms with Gasteiger partial charge in [-0.05, 0) is 30.7 Å². The summed E-state index contributed by atoms with van der Waals surface area (Å²) in [5.41, 5.74) is 1.82. The molecule has 5 nitrogen and oxygen atoms in total. The number of aromatic nitrogens is 4. The highest BCUT2D eigenvalue weighted by Crippen LogP contribution is 2.18. The molecule has 0 aliphatic heterocycles. The molecule has 0 amide bonds. The van der Waals surface area contributed by atoms with E-state index in [4.69, 9.17) is 11.6 Å². The number of aryl methyl sites for hydroxylation is 2. The molecule has 0 unspecified atom stereocenters. The minimum atomic E-state index is -0.193. The first kappa shape index (κ1) is 12.9. The molecule has 0 bridgehead atoms. The molecule has 0 aliphatic carbocycles. The average Bonchev–Trinajstić information content (AvgIpc) is 2.86. The minimum Gasteiger partial charge on any atom is -0.280 e. The van der Waals surface area contributed by atoms with Crippen LogP contribution >= 0.6 is 11.6 Å². The first-order chi connectivity index (χ1) is 9.61. The zero-order valence-corrected chi connectivity index (χ0v) is 11.9. The molecule has 20 heavy (non-hydrogen) atoms. The lowest BCUT2D eigenvalue weighted by molar-refractivity contribution is 0.890. The first-order valence-corrected chi connectivity index (χ1v) is 6.71. The maximum atomic E-state index is 12.5. The van der Waals surface area contributed by atoms with E-state index in [0.717, 1.165) is 23.5 Å². The summed E-state index contributed by atoms with van der Waals surface area (Å²) in [4.78, 5) is 12.5. The standard InChI is InChI=1S/C14H13ClN4O/c1-3-12-16-17-13-14(20)18(6-7-19(12)13)10-4-5-11(15)9(2)8-10/h4-8H,3H2,1-2H3. The summed E-state index contributed by atoms with van der Waals surface area (Å²) < 4.78 is 3.27. The van der Waals surface area contributed by atoms with Gasteiger partial charge in [0, 0.05) is 29.5 Å². The second-order valence-electron chi connectivity index (χ2n) is 4.57. The van der Waals surface area contributed by atoms with Gasteiger partial charge in [0.05, 0.1) is 0 Å². The average molecular weight is 289 g/mol. The van der Waals surface area contributed by atoms with Crippen LogP contribution in [0.25, 0.3) is 11.3 Å². The fraction of sp³-hybridized carbons (Fsp3) is 0.214. The molecule has 1 aromatic carbocycles. The van der Waals surface area contributed by atoms with E-state index in [1.54, 1.807) is 27.4 Å². The highest BCUT2D eigenvalue weighted by atomic mass is 35.5. The van der Waals surface area contributed by atoms with E-state index >= 15 is 0 Å². The van der Waals surface area contributed by atoms with E-state index in [1.165, 1.54) is 0 Å². The highest BCUT2D eigenvalue weighted by Gasteiger charge is 2.10. The normalized spacial score (nSPS) is 11.2. The summed E-state index contributed by atoms with van der Waals surface area (Å²) >= 11 is 6.01. The van der Waals surface area contributed by atoms with Crippen LogP contribution in [-0.4, -0.2) is 19.2 Å². The fourth-order valence-electron chi connectivity index (χ4n) is 2.16. The number of nitrogens with zero attached hydrogens (tertiary/aromatic N) is 4. The molecule has 3 rings (SSSR count). The Morgan fingerprint density at radius 2 is 2.05 bits per heavy atom. The third-order valence-corrected chi connectivity index (χ3v) is 3.70. The van der Waals surface area contributed by atoms with Crippen molar-refractivity contribution in [1.29, 1.82) is 0 Å². The lowest BCUT2D eigenvalue weighted by Crippen LogP contribution is -2.20. The van der Waals surface area contributed by atoms with Gasteiger partial charge in [-0.2, -0.15) is 0 Å². The van der Waals surface area contributed by atoms with Gasteiger partial charge in [0.15, 0.2) is 0 Å². The molecule has 0 radical (unpaired) electrons. The fourth-order valence-corrected chi connectivity index (χ4v) is 2.28. The molecule has 0 spiro atoms. The molecule has 6 heteroatoms. The van der Waals surface area contributed by atoms with Crippen molar-refractivity contribution in [3.05, 3.63) is 57.4 Å². The van der Waals surface area contributed by atoms with Crippen LogP contribution in [-0.2, 0) is 6.42 Å². The van der Waals surface area contributed by atoms with Crippen molar-refractivity contribution in [2.24, 2.45) is 0 Å². The van der Waals surface area contributed by atoms with E-state index < -0.39 is 0 Å². The van der Waals surface area contributed by atoms with Crippen molar-refractivity contribution in [3.63, 3.8) is 0 Å². The summed E-state index contributed by atoms with van der Waals surface area (Å²) in [6, 6.07) is 5.46. The Bertz CT molecular complexity index is 850. The lowest BCUT2D eigenvalue weighted by atomic mass is 10.2. The van der Waals surface area contributed by atoms with Crippen LogP contribution in [0.3, 0.4) is 0 Å². The van der Waals surface area contributed by atoms with Crippen molar-refractivity contribution < 1.29 is 0 Å². The smallest absolute Gasteiger partial charge is 0.280 e. The Morgan fingerprint density at radius 3 is 2.75 bits per heavy atom. The molecule has 0 saturated carbocycles. The van der Waals surface area contributed by atoms with E-state index in [9.17, 15) is 4.79 Å². The van der Waals surface area contributed by atoms with Crippen molar-refractivity contribution in [2.45, 2.75) is 20.3 Å². The number of hydrogen-bond donors (Lipinski definition) is 0. The van der Waals surface area contributed by atoms with Gasteiger partial charge in [0.25, 0.3) is 0 Å².